The number of anilines is 1. The zero-order valence-corrected chi connectivity index (χ0v) is 21.5. The monoisotopic (exact) mass is 477 g/mol. The van der Waals surface area contributed by atoms with E-state index >= 15 is 0 Å². The summed E-state index contributed by atoms with van der Waals surface area (Å²) in [7, 11) is 0. The average Bonchev–Trinajstić information content (AvgIpc) is 2.74. The van der Waals surface area contributed by atoms with Crippen molar-refractivity contribution in [1.29, 1.82) is 0 Å². The van der Waals surface area contributed by atoms with E-state index in [0.29, 0.717) is 11.1 Å². The van der Waals surface area contributed by atoms with Crippen molar-refractivity contribution in [2.45, 2.75) is 65.2 Å². The Hall–Kier alpha value is -2.98. The van der Waals surface area contributed by atoms with Gasteiger partial charge in [0.1, 0.15) is 11.5 Å². The molecule has 7 heteroatoms. The van der Waals surface area contributed by atoms with Crippen LogP contribution in [0.3, 0.4) is 0 Å². The number of aliphatic carboxylic acids is 1. The minimum Gasteiger partial charge on any atom is -0.480 e. The molecule has 0 aromatic heterocycles. The summed E-state index contributed by atoms with van der Waals surface area (Å²) in [6, 6.07) is 2.20. The molecule has 0 fully saturated rings. The predicted molar refractivity (Wildman–Crippen MR) is 138 cm³/mol. The zero-order chi connectivity index (χ0) is 25.2. The molecule has 34 heavy (non-hydrogen) atoms. The van der Waals surface area contributed by atoms with Crippen LogP contribution in [0.15, 0.2) is 22.9 Å². The Morgan fingerprint density at radius 1 is 1.21 bits per heavy atom. The van der Waals surface area contributed by atoms with E-state index in [1.165, 1.54) is 16.8 Å². The minimum absolute atomic E-state index is 0.00496. The Balaban J connectivity index is 1.99. The van der Waals surface area contributed by atoms with Crippen LogP contribution in [0.4, 0.5) is 5.69 Å². The highest BCUT2D eigenvalue weighted by Gasteiger charge is 2.41. The van der Waals surface area contributed by atoms with Crippen molar-refractivity contribution in [3.63, 3.8) is 0 Å². The van der Waals surface area contributed by atoms with Gasteiger partial charge in [-0.3, -0.25) is 14.5 Å². The fraction of sp³-hybridized carbons (Fsp3) is 0.481. The fourth-order valence-corrected chi connectivity index (χ4v) is 5.93. The van der Waals surface area contributed by atoms with E-state index in [1.54, 1.807) is 6.92 Å². The van der Waals surface area contributed by atoms with E-state index in [9.17, 15) is 14.7 Å². The summed E-state index contributed by atoms with van der Waals surface area (Å²) < 4.78 is 0. The number of hydrogen-bond donors (Lipinski definition) is 1. The third-order valence-corrected chi connectivity index (χ3v) is 8.14. The topological polar surface area (TPSA) is 65.2 Å². The van der Waals surface area contributed by atoms with Crippen molar-refractivity contribution in [2.24, 2.45) is 0 Å². The highest BCUT2D eigenvalue weighted by Crippen LogP contribution is 2.51. The third kappa shape index (κ3) is 3.65. The van der Waals surface area contributed by atoms with E-state index in [0.717, 1.165) is 42.0 Å². The van der Waals surface area contributed by atoms with Gasteiger partial charge in [-0.2, -0.15) is 0 Å². The molecule has 3 aliphatic rings. The molecule has 0 atom stereocenters. The van der Waals surface area contributed by atoms with Gasteiger partial charge in [-0.1, -0.05) is 39.9 Å². The van der Waals surface area contributed by atoms with Gasteiger partial charge in [0.2, 0.25) is 5.70 Å². The van der Waals surface area contributed by atoms with Crippen LogP contribution in [0.2, 0.25) is 0 Å². The van der Waals surface area contributed by atoms with E-state index in [1.807, 2.05) is 6.08 Å². The maximum atomic E-state index is 13.4. The Morgan fingerprint density at radius 3 is 2.41 bits per heavy atom. The van der Waals surface area contributed by atoms with Crippen molar-refractivity contribution in [3.8, 4) is 0 Å². The van der Waals surface area contributed by atoms with Gasteiger partial charge in [-0.15, -0.1) is 0 Å². The summed E-state index contributed by atoms with van der Waals surface area (Å²) in [4.78, 5) is 31.8. The highest BCUT2D eigenvalue weighted by atomic mass is 32.1. The lowest BCUT2D eigenvalue weighted by atomic mass is 9.67. The highest BCUT2D eigenvalue weighted by molar-refractivity contribution is 7.80. The molecule has 0 radical (unpaired) electrons. The molecular weight excluding hydrogens is 446 g/mol. The second-order valence-electron chi connectivity index (χ2n) is 10.9. The molecule has 178 valence electrons. The van der Waals surface area contributed by atoms with Crippen LogP contribution in [0.1, 0.15) is 69.7 Å². The fourth-order valence-electron chi connectivity index (χ4n) is 5.58. The molecule has 1 aromatic rings. The molecule has 6 nitrogen and oxygen atoms in total. The number of hydrogen-bond acceptors (Lipinski definition) is 4. The minimum atomic E-state index is -1.17. The van der Waals surface area contributed by atoms with Crippen LogP contribution < -0.4 is 4.90 Å². The molecule has 1 aromatic carbocycles. The van der Waals surface area contributed by atoms with Crippen molar-refractivity contribution in [1.82, 2.24) is 4.90 Å². The van der Waals surface area contributed by atoms with E-state index in [2.05, 4.69) is 50.4 Å². The predicted octanol–water partition coefficient (Wildman–Crippen LogP) is 4.99. The molecule has 1 N–H and O–H groups in total. The van der Waals surface area contributed by atoms with Gasteiger partial charge < -0.3 is 10.0 Å². The van der Waals surface area contributed by atoms with Gasteiger partial charge in [-0.25, -0.2) is 4.85 Å². The van der Waals surface area contributed by atoms with Gasteiger partial charge in [-0.05, 0) is 77.5 Å². The number of carboxylic acids is 1. The molecular formula is C27H31N3O3S. The van der Waals surface area contributed by atoms with Crippen LogP contribution in [0, 0.1) is 13.5 Å². The van der Waals surface area contributed by atoms with Crippen molar-refractivity contribution in [2.75, 3.05) is 24.5 Å². The Bertz CT molecular complexity index is 1240. The Morgan fingerprint density at radius 2 is 1.82 bits per heavy atom. The van der Waals surface area contributed by atoms with Gasteiger partial charge in [0, 0.05) is 24.4 Å². The lowest BCUT2D eigenvalue weighted by molar-refractivity contribution is -0.140. The van der Waals surface area contributed by atoms with Gasteiger partial charge in [0.05, 0.1) is 6.57 Å². The van der Waals surface area contributed by atoms with Gasteiger partial charge in [0.15, 0.2) is 0 Å². The number of carbonyl (C=O) groups excluding carboxylic acids is 1. The lowest BCUT2D eigenvalue weighted by Gasteiger charge is -2.49. The number of amides is 1. The standard InChI is InChI=1S/C27H31N3O3S/c1-15-17(12-18-16(2)22(28-7)25(34)30(24(18)33)14-20(31)32)13-19-23-21(15)27(5,6)9-11-29(23)10-8-26(19,3)4/h12-13H,8-11,14H2,1-6H3,(H,31,32)/b18-12-. The van der Waals surface area contributed by atoms with Gasteiger partial charge >= 0.3 is 5.97 Å². The smallest absolute Gasteiger partial charge is 0.323 e. The lowest BCUT2D eigenvalue weighted by Crippen LogP contribution is -2.45. The number of benzene rings is 1. The van der Waals surface area contributed by atoms with Crippen LogP contribution in [0.5, 0.6) is 0 Å². The number of carboxylic acid groups (broad SMARTS) is 1. The number of nitrogens with zero attached hydrogens (tertiary/aromatic N) is 3. The Labute approximate surface area is 206 Å². The number of rotatable bonds is 3. The van der Waals surface area contributed by atoms with Gasteiger partial charge in [0.25, 0.3) is 5.91 Å². The largest absolute Gasteiger partial charge is 0.480 e. The maximum Gasteiger partial charge on any atom is 0.323 e. The van der Waals surface area contributed by atoms with Crippen LogP contribution in [-0.2, 0) is 20.4 Å². The van der Waals surface area contributed by atoms with Crippen molar-refractivity contribution < 1.29 is 14.7 Å². The molecule has 0 aliphatic carbocycles. The second kappa shape index (κ2) is 8.06. The number of thiocarbonyl (C=S) groups is 1. The molecule has 0 unspecified atom stereocenters. The summed E-state index contributed by atoms with van der Waals surface area (Å²) in [5, 5.41) is 9.32. The van der Waals surface area contributed by atoms with E-state index in [-0.39, 0.29) is 21.5 Å². The SMILES string of the molecule is [C-]#[N+]C1=C(C)/C(=C/c2cc3c4c(c2C)C(C)(C)CCN4CCC3(C)C)C(=O)N(CC(=O)O)C1=S. The zero-order valence-electron chi connectivity index (χ0n) is 20.7. The molecule has 1 amide bonds. The van der Waals surface area contributed by atoms with Crippen LogP contribution in [0.25, 0.3) is 10.9 Å². The molecule has 3 heterocycles. The molecule has 0 bridgehead atoms. The molecule has 0 saturated heterocycles. The van der Waals surface area contributed by atoms with E-state index < -0.39 is 18.4 Å². The normalized spacial score (nSPS) is 22.1. The number of carbonyl (C=O) groups is 2. The van der Waals surface area contributed by atoms with E-state index in [4.69, 9.17) is 18.8 Å². The summed E-state index contributed by atoms with van der Waals surface area (Å²) in [6.45, 7) is 22.0. The first-order valence-corrected chi connectivity index (χ1v) is 12.0. The van der Waals surface area contributed by atoms with Crippen molar-refractivity contribution >= 4 is 40.8 Å². The summed E-state index contributed by atoms with van der Waals surface area (Å²) in [5.74, 6) is -1.64. The summed E-state index contributed by atoms with van der Waals surface area (Å²) >= 11 is 5.30. The van der Waals surface area contributed by atoms with Crippen molar-refractivity contribution in [3.05, 3.63) is 56.6 Å². The van der Waals surface area contributed by atoms with Crippen LogP contribution >= 0.6 is 12.2 Å². The summed E-state index contributed by atoms with van der Waals surface area (Å²) in [6.07, 6.45) is 3.95. The summed E-state index contributed by atoms with van der Waals surface area (Å²) in [5.41, 5.74) is 6.98. The third-order valence-electron chi connectivity index (χ3n) is 7.72. The molecule has 4 rings (SSSR count). The quantitative estimate of drug-likeness (QED) is 0.377. The first kappa shape index (κ1) is 24.2. The Kier molecular flexibility index (Phi) is 5.72. The van der Waals surface area contributed by atoms with Crippen LogP contribution in [-0.4, -0.2) is 46.5 Å². The second-order valence-corrected chi connectivity index (χ2v) is 11.2. The molecule has 3 aliphatic heterocycles. The maximum absolute atomic E-state index is 13.4. The molecule has 0 spiro atoms. The molecule has 0 saturated carbocycles. The average molecular weight is 478 g/mol. The first-order valence-electron chi connectivity index (χ1n) is 11.6. The first-order chi connectivity index (χ1) is 15.8.